The minimum atomic E-state index is 0.0400. The van der Waals surface area contributed by atoms with E-state index in [4.69, 9.17) is 9.72 Å². The number of carbonyl (C=O) groups is 1. The van der Waals surface area contributed by atoms with E-state index in [-0.39, 0.29) is 12.5 Å². The third kappa shape index (κ3) is 4.19. The van der Waals surface area contributed by atoms with Crippen molar-refractivity contribution >= 4 is 22.6 Å². The van der Waals surface area contributed by atoms with Crippen LogP contribution in [0.5, 0.6) is 5.75 Å². The number of ether oxygens (including phenoxy) is 1. The van der Waals surface area contributed by atoms with Gasteiger partial charge in [-0.3, -0.25) is 4.79 Å². The number of rotatable bonds is 5. The molecule has 1 amide bonds. The van der Waals surface area contributed by atoms with E-state index in [0.29, 0.717) is 13.1 Å². The normalized spacial score (nSPS) is 14.3. The van der Waals surface area contributed by atoms with E-state index in [1.54, 1.807) is 0 Å². The lowest BCUT2D eigenvalue weighted by molar-refractivity contribution is -0.133. The van der Waals surface area contributed by atoms with Crippen molar-refractivity contribution in [2.45, 2.75) is 20.3 Å². The topological polar surface area (TPSA) is 45.7 Å². The number of nitrogens with zero attached hydrogens (tertiary/aromatic N) is 3. The van der Waals surface area contributed by atoms with Crippen LogP contribution in [0.3, 0.4) is 0 Å². The molecule has 2 aromatic carbocycles. The zero-order valence-corrected chi connectivity index (χ0v) is 17.1. The Kier molecular flexibility index (Phi) is 5.65. The molecule has 1 saturated heterocycles. The maximum Gasteiger partial charge on any atom is 0.260 e. The number of para-hydroxylation sites is 2. The second-order valence-corrected chi connectivity index (χ2v) is 7.43. The molecular formula is C24H27N3O2. The summed E-state index contributed by atoms with van der Waals surface area (Å²) in [4.78, 5) is 21.6. The van der Waals surface area contributed by atoms with Crippen molar-refractivity contribution in [2.75, 3.05) is 37.7 Å². The van der Waals surface area contributed by atoms with Crippen LogP contribution < -0.4 is 9.64 Å². The largest absolute Gasteiger partial charge is 0.483 e. The number of hydrogen-bond donors (Lipinski definition) is 0. The molecule has 5 heteroatoms. The van der Waals surface area contributed by atoms with Crippen LogP contribution in [0, 0.1) is 6.92 Å². The molecule has 0 atom stereocenters. The Hall–Kier alpha value is -3.08. The van der Waals surface area contributed by atoms with E-state index >= 15 is 0 Å². The highest BCUT2D eigenvalue weighted by Crippen LogP contribution is 2.23. The number of aromatic nitrogens is 1. The SMILES string of the molecule is CCc1ccccc1OCC(=O)N1CCN(c2cc(C)c3ccccc3n2)CC1. The Morgan fingerprint density at radius 2 is 1.76 bits per heavy atom. The van der Waals surface area contributed by atoms with Gasteiger partial charge in [0, 0.05) is 31.6 Å². The monoisotopic (exact) mass is 389 g/mol. The van der Waals surface area contributed by atoms with Crippen molar-refractivity contribution in [1.82, 2.24) is 9.88 Å². The molecule has 1 aliphatic rings. The highest BCUT2D eigenvalue weighted by molar-refractivity contribution is 5.84. The summed E-state index contributed by atoms with van der Waals surface area (Å²) in [6.07, 6.45) is 0.890. The van der Waals surface area contributed by atoms with Gasteiger partial charge in [0.15, 0.2) is 6.61 Å². The molecule has 4 rings (SSSR count). The minimum Gasteiger partial charge on any atom is -0.483 e. The molecule has 1 aromatic heterocycles. The highest BCUT2D eigenvalue weighted by Gasteiger charge is 2.23. The molecule has 5 nitrogen and oxygen atoms in total. The fourth-order valence-corrected chi connectivity index (χ4v) is 3.85. The van der Waals surface area contributed by atoms with Gasteiger partial charge in [0.2, 0.25) is 0 Å². The van der Waals surface area contributed by atoms with Gasteiger partial charge in [0.1, 0.15) is 11.6 Å². The number of fused-ring (bicyclic) bond motifs is 1. The lowest BCUT2D eigenvalue weighted by Crippen LogP contribution is -2.50. The molecule has 0 radical (unpaired) electrons. The molecule has 0 spiro atoms. The predicted molar refractivity (Wildman–Crippen MR) is 117 cm³/mol. The smallest absolute Gasteiger partial charge is 0.260 e. The van der Waals surface area contributed by atoms with Gasteiger partial charge in [-0.2, -0.15) is 0 Å². The first-order valence-electron chi connectivity index (χ1n) is 10.3. The van der Waals surface area contributed by atoms with Gasteiger partial charge in [-0.25, -0.2) is 4.98 Å². The second kappa shape index (κ2) is 8.52. The predicted octanol–water partition coefficient (Wildman–Crippen LogP) is 3.83. The molecule has 0 aliphatic carbocycles. The van der Waals surface area contributed by atoms with E-state index < -0.39 is 0 Å². The Balaban J connectivity index is 1.36. The van der Waals surface area contributed by atoms with Gasteiger partial charge in [0.05, 0.1) is 5.52 Å². The number of anilines is 1. The van der Waals surface area contributed by atoms with Crippen LogP contribution >= 0.6 is 0 Å². The minimum absolute atomic E-state index is 0.0400. The summed E-state index contributed by atoms with van der Waals surface area (Å²) in [5, 5.41) is 1.19. The second-order valence-electron chi connectivity index (χ2n) is 7.43. The number of hydrogen-bond acceptors (Lipinski definition) is 4. The quantitative estimate of drug-likeness (QED) is 0.665. The first kappa shape index (κ1) is 19.2. The summed E-state index contributed by atoms with van der Waals surface area (Å²) in [5.41, 5.74) is 3.37. The van der Waals surface area contributed by atoms with Crippen LogP contribution in [0.1, 0.15) is 18.1 Å². The van der Waals surface area contributed by atoms with Crippen molar-refractivity contribution in [3.8, 4) is 5.75 Å². The number of carbonyl (C=O) groups excluding carboxylic acids is 1. The van der Waals surface area contributed by atoms with Crippen molar-refractivity contribution in [2.24, 2.45) is 0 Å². The molecule has 29 heavy (non-hydrogen) atoms. The summed E-state index contributed by atoms with van der Waals surface area (Å²) >= 11 is 0. The summed E-state index contributed by atoms with van der Waals surface area (Å²) in [7, 11) is 0. The average molecular weight is 389 g/mol. The first-order valence-corrected chi connectivity index (χ1v) is 10.3. The van der Waals surface area contributed by atoms with E-state index in [1.807, 2.05) is 41.3 Å². The van der Waals surface area contributed by atoms with Gasteiger partial charge >= 0.3 is 0 Å². The molecule has 3 aromatic rings. The van der Waals surface area contributed by atoms with Gasteiger partial charge < -0.3 is 14.5 Å². The number of amides is 1. The van der Waals surface area contributed by atoms with Crippen molar-refractivity contribution in [3.05, 3.63) is 65.7 Å². The molecule has 1 fully saturated rings. The van der Waals surface area contributed by atoms with E-state index in [9.17, 15) is 4.79 Å². The molecule has 150 valence electrons. The van der Waals surface area contributed by atoms with Crippen LogP contribution in [-0.4, -0.2) is 48.6 Å². The average Bonchev–Trinajstić information content (AvgIpc) is 2.77. The van der Waals surface area contributed by atoms with Gasteiger partial charge in [-0.15, -0.1) is 0 Å². The molecule has 2 heterocycles. The zero-order chi connectivity index (χ0) is 20.2. The zero-order valence-electron chi connectivity index (χ0n) is 17.1. The van der Waals surface area contributed by atoms with Crippen LogP contribution in [0.15, 0.2) is 54.6 Å². The maximum absolute atomic E-state index is 12.6. The first-order chi connectivity index (χ1) is 14.2. The summed E-state index contributed by atoms with van der Waals surface area (Å²) in [5.74, 6) is 1.83. The fraction of sp³-hybridized carbons (Fsp3) is 0.333. The Bertz CT molecular complexity index is 1010. The van der Waals surface area contributed by atoms with Crippen LogP contribution in [0.2, 0.25) is 0 Å². The van der Waals surface area contributed by atoms with Gasteiger partial charge in [0.25, 0.3) is 5.91 Å². The lowest BCUT2D eigenvalue weighted by Gasteiger charge is -2.35. The van der Waals surface area contributed by atoms with Crippen molar-refractivity contribution in [3.63, 3.8) is 0 Å². The lowest BCUT2D eigenvalue weighted by atomic mass is 10.1. The molecule has 1 aliphatic heterocycles. The number of pyridine rings is 1. The summed E-state index contributed by atoms with van der Waals surface area (Å²) in [6.45, 7) is 7.23. The van der Waals surface area contributed by atoms with E-state index in [0.717, 1.165) is 42.2 Å². The molecule has 0 unspecified atom stereocenters. The number of aryl methyl sites for hydroxylation is 2. The van der Waals surface area contributed by atoms with Crippen LogP contribution in [0.25, 0.3) is 10.9 Å². The maximum atomic E-state index is 12.6. The molecular weight excluding hydrogens is 362 g/mol. The van der Waals surface area contributed by atoms with Crippen LogP contribution in [0.4, 0.5) is 5.82 Å². The highest BCUT2D eigenvalue weighted by atomic mass is 16.5. The number of benzene rings is 2. The standard InChI is InChI=1S/C24H27N3O2/c1-3-19-8-4-7-11-22(19)29-17-24(28)27-14-12-26(13-15-27)23-16-18(2)20-9-5-6-10-21(20)25-23/h4-11,16H,3,12-15,17H2,1-2H3. The Labute approximate surface area is 171 Å². The molecule has 0 bridgehead atoms. The Morgan fingerprint density at radius 1 is 1.03 bits per heavy atom. The number of piperazine rings is 1. The van der Waals surface area contributed by atoms with Gasteiger partial charge in [-0.05, 0) is 42.7 Å². The van der Waals surface area contributed by atoms with E-state index in [1.165, 1.54) is 10.9 Å². The van der Waals surface area contributed by atoms with Crippen molar-refractivity contribution < 1.29 is 9.53 Å². The molecule has 0 saturated carbocycles. The summed E-state index contributed by atoms with van der Waals surface area (Å²) < 4.78 is 5.80. The third-order valence-corrected chi connectivity index (χ3v) is 5.57. The van der Waals surface area contributed by atoms with E-state index in [2.05, 4.69) is 36.9 Å². The molecule has 0 N–H and O–H groups in total. The fourth-order valence-electron chi connectivity index (χ4n) is 3.85. The summed E-state index contributed by atoms with van der Waals surface area (Å²) in [6, 6.07) is 18.3. The third-order valence-electron chi connectivity index (χ3n) is 5.57. The van der Waals surface area contributed by atoms with Gasteiger partial charge in [-0.1, -0.05) is 43.3 Å². The van der Waals surface area contributed by atoms with Crippen LogP contribution in [-0.2, 0) is 11.2 Å². The van der Waals surface area contributed by atoms with Crippen molar-refractivity contribution in [1.29, 1.82) is 0 Å². The Morgan fingerprint density at radius 3 is 2.55 bits per heavy atom.